The lowest BCUT2D eigenvalue weighted by Crippen LogP contribution is -2.22. The van der Waals surface area contributed by atoms with Crippen molar-refractivity contribution < 1.29 is 0 Å². The van der Waals surface area contributed by atoms with E-state index >= 15 is 0 Å². The standard InChI is InChI=1S/C59H40N4S2/c1-37-13-9-10-32-61(53-28-26-46-48-36-43(25-30-56(48)65-59(46)57(37)53)63-50-20-7-5-18-44(50)45-19-6-8-21-51(45)63)42-24-29-55(64)47(35-42)40-15-11-14-38(33-40)39-23-27-52-49(34-39)58-54(22-12-31-60-58)62(52)41-16-3-2-4-17-41/h2-36,47,55,64H,1H2/b13-9-,32-10-. The second-order valence-corrected chi connectivity index (χ2v) is 18.6. The van der Waals surface area contributed by atoms with Gasteiger partial charge in [0, 0.05) is 82.5 Å². The summed E-state index contributed by atoms with van der Waals surface area (Å²) in [6, 6.07) is 59.4. The quantitative estimate of drug-likeness (QED) is 0.174. The fourth-order valence-electron chi connectivity index (χ4n) is 10.3. The van der Waals surface area contributed by atoms with Crippen LogP contribution in [0.2, 0.25) is 0 Å². The van der Waals surface area contributed by atoms with E-state index in [0.29, 0.717) is 0 Å². The summed E-state index contributed by atoms with van der Waals surface area (Å²) < 4.78 is 7.20. The number of allylic oxidation sites excluding steroid dienone is 6. The van der Waals surface area contributed by atoms with Crippen molar-refractivity contribution in [3.05, 3.63) is 236 Å². The van der Waals surface area contributed by atoms with Crippen LogP contribution in [0.15, 0.2) is 225 Å². The molecule has 4 nitrogen and oxygen atoms in total. The summed E-state index contributed by atoms with van der Waals surface area (Å²) in [6.07, 6.45) is 17.2. The van der Waals surface area contributed by atoms with E-state index in [1.807, 2.05) is 23.6 Å². The Labute approximate surface area is 385 Å². The van der Waals surface area contributed by atoms with E-state index in [0.717, 1.165) is 67.0 Å². The lowest BCUT2D eigenvalue weighted by molar-refractivity contribution is 0.858. The Morgan fingerprint density at radius 1 is 0.569 bits per heavy atom. The first-order chi connectivity index (χ1) is 32.1. The van der Waals surface area contributed by atoms with Crippen LogP contribution >= 0.6 is 24.0 Å². The van der Waals surface area contributed by atoms with E-state index < -0.39 is 0 Å². The molecule has 4 aromatic heterocycles. The molecule has 1 aliphatic heterocycles. The summed E-state index contributed by atoms with van der Waals surface area (Å²) in [5.41, 5.74) is 15.8. The first-order valence-corrected chi connectivity index (χ1v) is 23.3. The molecule has 7 aromatic carbocycles. The smallest absolute Gasteiger partial charge is 0.0963 e. The van der Waals surface area contributed by atoms with Gasteiger partial charge < -0.3 is 14.0 Å². The summed E-state index contributed by atoms with van der Waals surface area (Å²) in [5, 5.41) is 6.16. The summed E-state index contributed by atoms with van der Waals surface area (Å²) in [5.74, 6) is 0.0389. The number of anilines is 1. The lowest BCUT2D eigenvalue weighted by Gasteiger charge is -2.31. The Hall–Kier alpha value is -7.64. The third-order valence-electron chi connectivity index (χ3n) is 13.3. The monoisotopic (exact) mass is 868 g/mol. The van der Waals surface area contributed by atoms with Gasteiger partial charge in [-0.2, -0.15) is 12.6 Å². The second-order valence-electron chi connectivity index (χ2n) is 17.0. The summed E-state index contributed by atoms with van der Waals surface area (Å²) >= 11 is 7.02. The first-order valence-electron chi connectivity index (χ1n) is 22.0. The minimum absolute atomic E-state index is 0.00593. The number of nitrogens with zero attached hydrogens (tertiary/aromatic N) is 4. The molecule has 308 valence electrons. The van der Waals surface area contributed by atoms with Gasteiger partial charge >= 0.3 is 0 Å². The van der Waals surface area contributed by atoms with E-state index in [9.17, 15) is 0 Å². The summed E-state index contributed by atoms with van der Waals surface area (Å²) in [7, 11) is 0. The Morgan fingerprint density at radius 3 is 2.17 bits per heavy atom. The molecule has 0 amide bonds. The van der Waals surface area contributed by atoms with Crippen LogP contribution in [-0.2, 0) is 0 Å². The van der Waals surface area contributed by atoms with E-state index in [1.165, 1.54) is 47.5 Å². The predicted octanol–water partition coefficient (Wildman–Crippen LogP) is 15.7. The van der Waals surface area contributed by atoms with Crippen LogP contribution in [0.5, 0.6) is 0 Å². The van der Waals surface area contributed by atoms with Crippen LogP contribution in [0.1, 0.15) is 17.0 Å². The zero-order chi connectivity index (χ0) is 43.2. The number of thiophene rings is 1. The maximum Gasteiger partial charge on any atom is 0.0963 e. The highest BCUT2D eigenvalue weighted by atomic mass is 32.1. The van der Waals surface area contributed by atoms with Gasteiger partial charge in [0.1, 0.15) is 0 Å². The third kappa shape index (κ3) is 6.02. The molecular formula is C59H40N4S2. The normalized spacial score (nSPS) is 17.3. The van der Waals surface area contributed by atoms with Crippen molar-refractivity contribution in [2.24, 2.45) is 0 Å². The highest BCUT2D eigenvalue weighted by Crippen LogP contribution is 2.46. The van der Waals surface area contributed by atoms with E-state index in [1.54, 1.807) is 0 Å². The highest BCUT2D eigenvalue weighted by molar-refractivity contribution is 7.81. The van der Waals surface area contributed by atoms with Crippen molar-refractivity contribution in [1.29, 1.82) is 0 Å². The van der Waals surface area contributed by atoms with Gasteiger partial charge in [0.25, 0.3) is 0 Å². The minimum Gasteiger partial charge on any atom is -0.317 e. The fraction of sp³-hybridized carbons (Fsp3) is 0.0339. The van der Waals surface area contributed by atoms with Gasteiger partial charge in [-0.05, 0) is 107 Å². The number of hydrogen-bond acceptors (Lipinski definition) is 4. The Bertz CT molecular complexity index is 3840. The van der Waals surface area contributed by atoms with Crippen molar-refractivity contribution in [1.82, 2.24) is 14.1 Å². The molecule has 1 aliphatic carbocycles. The van der Waals surface area contributed by atoms with Crippen LogP contribution in [0, 0.1) is 0 Å². The van der Waals surface area contributed by atoms with Crippen molar-refractivity contribution >= 4 is 99.1 Å². The first kappa shape index (κ1) is 37.9. The molecule has 0 saturated heterocycles. The molecule has 6 heteroatoms. The van der Waals surface area contributed by atoms with Crippen LogP contribution in [0.3, 0.4) is 0 Å². The predicted molar refractivity (Wildman–Crippen MR) is 280 cm³/mol. The molecule has 2 unspecified atom stereocenters. The number of hydrogen-bond donors (Lipinski definition) is 1. The zero-order valence-corrected chi connectivity index (χ0v) is 36.9. The minimum atomic E-state index is 0.00593. The average Bonchev–Trinajstić information content (AvgIpc) is 4.01. The Morgan fingerprint density at radius 2 is 1.32 bits per heavy atom. The number of para-hydroxylation sites is 3. The number of fused-ring (bicyclic) bond motifs is 11. The molecule has 65 heavy (non-hydrogen) atoms. The van der Waals surface area contributed by atoms with E-state index in [2.05, 4.69) is 221 Å². The van der Waals surface area contributed by atoms with Gasteiger partial charge in [0.2, 0.25) is 0 Å². The fourth-order valence-corrected chi connectivity index (χ4v) is 11.9. The number of pyridine rings is 1. The average molecular weight is 869 g/mol. The van der Waals surface area contributed by atoms with Crippen molar-refractivity contribution in [2.45, 2.75) is 11.2 Å². The maximum atomic E-state index is 5.17. The molecule has 0 fully saturated rings. The molecule has 0 saturated carbocycles. The molecule has 11 aromatic rings. The van der Waals surface area contributed by atoms with Crippen molar-refractivity contribution in [3.63, 3.8) is 0 Å². The molecule has 2 aliphatic rings. The van der Waals surface area contributed by atoms with E-state index in [4.69, 9.17) is 17.6 Å². The molecule has 2 atom stereocenters. The largest absolute Gasteiger partial charge is 0.317 e. The van der Waals surface area contributed by atoms with Crippen LogP contribution < -0.4 is 4.90 Å². The number of aromatic nitrogens is 3. The zero-order valence-electron chi connectivity index (χ0n) is 35.2. The third-order valence-corrected chi connectivity index (χ3v) is 15.0. The number of benzene rings is 7. The molecular weight excluding hydrogens is 829 g/mol. The van der Waals surface area contributed by atoms with Crippen LogP contribution in [0.25, 0.3) is 92.0 Å². The number of thiol groups is 1. The van der Waals surface area contributed by atoms with Gasteiger partial charge in [-0.3, -0.25) is 4.98 Å². The maximum absolute atomic E-state index is 5.17. The van der Waals surface area contributed by atoms with Gasteiger partial charge in [-0.1, -0.05) is 122 Å². The highest BCUT2D eigenvalue weighted by Gasteiger charge is 2.26. The van der Waals surface area contributed by atoms with E-state index in [-0.39, 0.29) is 11.2 Å². The second kappa shape index (κ2) is 15.0. The Kier molecular flexibility index (Phi) is 8.73. The molecule has 5 heterocycles. The van der Waals surface area contributed by atoms with Crippen LogP contribution in [-0.4, -0.2) is 19.4 Å². The van der Waals surface area contributed by atoms with Gasteiger partial charge in [-0.25, -0.2) is 0 Å². The van der Waals surface area contributed by atoms with Gasteiger partial charge in [0.05, 0.1) is 33.3 Å². The topological polar surface area (TPSA) is 26.0 Å². The molecule has 0 radical (unpaired) electrons. The van der Waals surface area contributed by atoms with Gasteiger partial charge in [-0.15, -0.1) is 11.3 Å². The van der Waals surface area contributed by atoms with Gasteiger partial charge in [0.15, 0.2) is 0 Å². The van der Waals surface area contributed by atoms with Crippen molar-refractivity contribution in [2.75, 3.05) is 4.90 Å². The molecule has 0 N–H and O–H groups in total. The summed E-state index contributed by atoms with van der Waals surface area (Å²) in [4.78, 5) is 7.20. The Balaban J connectivity index is 0.889. The molecule has 13 rings (SSSR count). The molecule has 0 spiro atoms. The lowest BCUT2D eigenvalue weighted by atomic mass is 9.88. The number of rotatable bonds is 5. The SMILES string of the molecule is C=C1/C=C\C=C/N(C2=CC(c3cccc(-c4ccc5c(c4)c4ncccc4n5-c4ccccc4)c3)C(S)C=C2)c2ccc3c(sc4ccc(-n5c6ccccc6c6ccccc65)cc43)c21. The van der Waals surface area contributed by atoms with Crippen molar-refractivity contribution in [3.8, 4) is 22.5 Å². The molecule has 0 bridgehead atoms. The summed E-state index contributed by atoms with van der Waals surface area (Å²) in [6.45, 7) is 4.65. The van der Waals surface area contributed by atoms with Crippen LogP contribution in [0.4, 0.5) is 5.69 Å².